The summed E-state index contributed by atoms with van der Waals surface area (Å²) in [7, 11) is 0. The Morgan fingerprint density at radius 1 is 1.15 bits per heavy atom. The van der Waals surface area contributed by atoms with Gasteiger partial charge in [0.25, 0.3) is 0 Å². The minimum atomic E-state index is -0.646. The van der Waals surface area contributed by atoms with Gasteiger partial charge in [0.1, 0.15) is 24.0 Å². The third kappa shape index (κ3) is 3.13. The Morgan fingerprint density at radius 2 is 1.75 bits per heavy atom. The maximum Gasteiger partial charge on any atom is 0.146 e. The summed E-state index contributed by atoms with van der Waals surface area (Å²) in [5.74, 6) is -0.747. The van der Waals surface area contributed by atoms with Crippen molar-refractivity contribution < 1.29 is 13.5 Å². The molecule has 0 radical (unpaired) electrons. The van der Waals surface area contributed by atoms with Crippen molar-refractivity contribution in [3.05, 3.63) is 62.1 Å². The molecule has 2 rings (SSSR count). The topological polar surface area (TPSA) is 9.23 Å². The van der Waals surface area contributed by atoms with Gasteiger partial charge in [0.15, 0.2) is 0 Å². The van der Waals surface area contributed by atoms with E-state index in [-0.39, 0.29) is 16.6 Å². The van der Waals surface area contributed by atoms with Gasteiger partial charge in [-0.1, -0.05) is 11.6 Å². The van der Waals surface area contributed by atoms with E-state index in [0.29, 0.717) is 10.8 Å². The average Bonchev–Trinajstić information content (AvgIpc) is 2.40. The van der Waals surface area contributed by atoms with Gasteiger partial charge in [-0.2, -0.15) is 0 Å². The molecule has 0 saturated carbocycles. The Morgan fingerprint density at radius 3 is 2.35 bits per heavy atom. The molecule has 0 aliphatic rings. The summed E-state index contributed by atoms with van der Waals surface area (Å²) < 4.78 is 33.1. The molecule has 0 amide bonds. The Bertz CT molecular complexity index is 636. The summed E-state index contributed by atoms with van der Waals surface area (Å²) in [5, 5.41) is 0.664. The normalized spacial score (nSPS) is 10.7. The van der Waals surface area contributed by atoms with E-state index < -0.39 is 11.6 Å². The predicted octanol–water partition coefficient (Wildman–Crippen LogP) is 5.58. The zero-order valence-corrected chi connectivity index (χ0v) is 13.3. The van der Waals surface area contributed by atoms with Crippen LogP contribution in [0.3, 0.4) is 0 Å². The molecule has 0 atom stereocenters. The summed E-state index contributed by atoms with van der Waals surface area (Å²) in [5.41, 5.74) is 1.61. The summed E-state index contributed by atoms with van der Waals surface area (Å²) in [6.45, 7) is 3.52. The van der Waals surface area contributed by atoms with Gasteiger partial charge < -0.3 is 4.74 Å². The van der Waals surface area contributed by atoms with Gasteiger partial charge >= 0.3 is 0 Å². The van der Waals surface area contributed by atoms with Gasteiger partial charge in [-0.25, -0.2) is 8.78 Å². The predicted molar refractivity (Wildman–Crippen MR) is 79.3 cm³/mol. The highest BCUT2D eigenvalue weighted by atomic mass is 79.9. The molecule has 0 fully saturated rings. The maximum absolute atomic E-state index is 13.8. The van der Waals surface area contributed by atoms with Gasteiger partial charge in [0, 0.05) is 5.02 Å². The van der Waals surface area contributed by atoms with Crippen LogP contribution >= 0.6 is 27.5 Å². The van der Waals surface area contributed by atoms with Gasteiger partial charge in [-0.3, -0.25) is 0 Å². The fourth-order valence-corrected chi connectivity index (χ4v) is 2.33. The van der Waals surface area contributed by atoms with Crippen LogP contribution in [-0.2, 0) is 6.61 Å². The highest BCUT2D eigenvalue weighted by Crippen LogP contribution is 2.27. The van der Waals surface area contributed by atoms with Crippen LogP contribution in [0.5, 0.6) is 5.75 Å². The van der Waals surface area contributed by atoms with Crippen molar-refractivity contribution in [1.82, 2.24) is 0 Å². The summed E-state index contributed by atoms with van der Waals surface area (Å²) in [6, 6.07) is 6.00. The molecule has 0 unspecified atom stereocenters. The molecule has 0 aliphatic carbocycles. The Hall–Kier alpha value is -1.13. The molecule has 5 heteroatoms. The van der Waals surface area contributed by atoms with Crippen molar-refractivity contribution in [2.75, 3.05) is 0 Å². The van der Waals surface area contributed by atoms with Gasteiger partial charge in [0.05, 0.1) is 10.0 Å². The van der Waals surface area contributed by atoms with Crippen LogP contribution in [0, 0.1) is 25.5 Å². The van der Waals surface area contributed by atoms with Crippen LogP contribution in [0.4, 0.5) is 8.78 Å². The van der Waals surface area contributed by atoms with Crippen LogP contribution in [0.25, 0.3) is 0 Å². The van der Waals surface area contributed by atoms with E-state index in [0.717, 1.165) is 11.1 Å². The molecule has 0 saturated heterocycles. The molecule has 0 aliphatic heterocycles. The van der Waals surface area contributed by atoms with E-state index >= 15 is 0 Å². The SMILES string of the molecule is Cc1cc(OCc2c(F)ccc(Br)c2F)cc(C)c1Cl. The standard InChI is InChI=1S/C15H12BrClF2O/c1-8-5-10(6-9(2)14(8)17)20-7-11-13(18)4-3-12(16)15(11)19/h3-6H,7H2,1-2H3. The van der Waals surface area contributed by atoms with Crippen LogP contribution in [0.15, 0.2) is 28.7 Å². The van der Waals surface area contributed by atoms with Crippen LogP contribution < -0.4 is 4.74 Å². The van der Waals surface area contributed by atoms with Crippen LogP contribution in [-0.4, -0.2) is 0 Å². The van der Waals surface area contributed by atoms with Crippen molar-refractivity contribution in [3.8, 4) is 5.75 Å². The average molecular weight is 362 g/mol. The Kier molecular flexibility index (Phi) is 4.66. The van der Waals surface area contributed by atoms with E-state index in [1.165, 1.54) is 12.1 Å². The minimum absolute atomic E-state index is 0.107. The van der Waals surface area contributed by atoms with Crippen molar-refractivity contribution in [2.45, 2.75) is 20.5 Å². The van der Waals surface area contributed by atoms with E-state index in [1.54, 1.807) is 12.1 Å². The number of halogens is 4. The summed E-state index contributed by atoms with van der Waals surface area (Å²) in [4.78, 5) is 0. The molecule has 0 N–H and O–H groups in total. The number of ether oxygens (including phenoxy) is 1. The third-order valence-corrected chi connectivity index (χ3v) is 4.14. The van der Waals surface area contributed by atoms with Crippen LogP contribution in [0.2, 0.25) is 5.02 Å². The zero-order chi connectivity index (χ0) is 14.9. The van der Waals surface area contributed by atoms with E-state index in [1.807, 2.05) is 13.8 Å². The highest BCUT2D eigenvalue weighted by Gasteiger charge is 2.13. The molecule has 2 aromatic rings. The second-order valence-electron chi connectivity index (χ2n) is 4.48. The second-order valence-corrected chi connectivity index (χ2v) is 5.71. The number of aryl methyl sites for hydroxylation is 2. The quantitative estimate of drug-likeness (QED) is 0.649. The summed E-state index contributed by atoms with van der Waals surface area (Å²) in [6.07, 6.45) is 0. The fraction of sp³-hybridized carbons (Fsp3) is 0.200. The molecule has 106 valence electrons. The lowest BCUT2D eigenvalue weighted by molar-refractivity contribution is 0.292. The number of rotatable bonds is 3. The Labute approximate surface area is 129 Å². The van der Waals surface area contributed by atoms with E-state index in [2.05, 4.69) is 15.9 Å². The van der Waals surface area contributed by atoms with Gasteiger partial charge in [0.2, 0.25) is 0 Å². The highest BCUT2D eigenvalue weighted by molar-refractivity contribution is 9.10. The van der Waals surface area contributed by atoms with Gasteiger partial charge in [-0.15, -0.1) is 0 Å². The first-order chi connectivity index (χ1) is 9.40. The molecule has 2 aromatic carbocycles. The molecule has 0 heterocycles. The molecule has 0 spiro atoms. The number of hydrogen-bond donors (Lipinski definition) is 0. The maximum atomic E-state index is 13.8. The first kappa shape index (κ1) is 15.3. The molecule has 0 aromatic heterocycles. The lowest BCUT2D eigenvalue weighted by atomic mass is 10.1. The molecule has 1 nitrogen and oxygen atoms in total. The molecule has 20 heavy (non-hydrogen) atoms. The molecule has 0 bridgehead atoms. The van der Waals surface area contributed by atoms with E-state index in [9.17, 15) is 8.78 Å². The zero-order valence-electron chi connectivity index (χ0n) is 10.9. The summed E-state index contributed by atoms with van der Waals surface area (Å²) >= 11 is 9.08. The van der Waals surface area contributed by atoms with E-state index in [4.69, 9.17) is 16.3 Å². The van der Waals surface area contributed by atoms with Gasteiger partial charge in [-0.05, 0) is 65.2 Å². The first-order valence-electron chi connectivity index (χ1n) is 5.92. The lowest BCUT2D eigenvalue weighted by Crippen LogP contribution is -2.03. The first-order valence-corrected chi connectivity index (χ1v) is 7.09. The fourth-order valence-electron chi connectivity index (χ4n) is 1.85. The minimum Gasteiger partial charge on any atom is -0.489 e. The molecular weight excluding hydrogens is 350 g/mol. The smallest absolute Gasteiger partial charge is 0.146 e. The third-order valence-electron chi connectivity index (χ3n) is 2.93. The Balaban J connectivity index is 2.24. The number of benzene rings is 2. The largest absolute Gasteiger partial charge is 0.489 e. The second kappa shape index (κ2) is 6.10. The van der Waals surface area contributed by atoms with Crippen LogP contribution in [0.1, 0.15) is 16.7 Å². The van der Waals surface area contributed by atoms with Crippen molar-refractivity contribution in [3.63, 3.8) is 0 Å². The van der Waals surface area contributed by atoms with Crippen molar-refractivity contribution in [2.24, 2.45) is 0 Å². The molecular formula is C15H12BrClF2O. The van der Waals surface area contributed by atoms with Crippen molar-refractivity contribution in [1.29, 1.82) is 0 Å². The monoisotopic (exact) mass is 360 g/mol. The number of hydrogen-bond acceptors (Lipinski definition) is 1. The lowest BCUT2D eigenvalue weighted by Gasteiger charge is -2.11. The van der Waals surface area contributed by atoms with Crippen molar-refractivity contribution >= 4 is 27.5 Å².